The van der Waals surface area contributed by atoms with Crippen LogP contribution in [-0.2, 0) is 10.0 Å². The van der Waals surface area contributed by atoms with E-state index >= 15 is 0 Å². The van der Waals surface area contributed by atoms with Gasteiger partial charge in [-0.3, -0.25) is 9.69 Å². The van der Waals surface area contributed by atoms with Crippen molar-refractivity contribution in [2.45, 2.75) is 51.3 Å². The second-order valence-corrected chi connectivity index (χ2v) is 13.2. The Balaban J connectivity index is 1.25. The first-order valence-electron chi connectivity index (χ1n) is 14.7. The third kappa shape index (κ3) is 7.97. The Kier molecular flexibility index (Phi) is 11.4. The number of carbonyl (C=O) groups is 1. The summed E-state index contributed by atoms with van der Waals surface area (Å²) in [6.07, 6.45) is 3.53. The molecular weight excluding hydrogens is 558 g/mol. The molecule has 1 aromatic heterocycles. The molecule has 9 nitrogen and oxygen atoms in total. The van der Waals surface area contributed by atoms with E-state index in [-0.39, 0.29) is 10.8 Å². The summed E-state index contributed by atoms with van der Waals surface area (Å²) >= 11 is 1.69. The van der Waals surface area contributed by atoms with Crippen LogP contribution in [0.15, 0.2) is 47.4 Å². The monoisotopic (exact) mass is 601 g/mol. The van der Waals surface area contributed by atoms with Gasteiger partial charge in [-0.15, -0.1) is 0 Å². The van der Waals surface area contributed by atoms with Gasteiger partial charge in [-0.05, 0) is 56.2 Å². The van der Waals surface area contributed by atoms with Crippen LogP contribution in [-0.4, -0.2) is 87.5 Å². The largest absolute Gasteiger partial charge is 0.492 e. The fourth-order valence-corrected chi connectivity index (χ4v) is 7.41. The summed E-state index contributed by atoms with van der Waals surface area (Å²) in [6, 6.07) is 12.4. The lowest BCUT2D eigenvalue weighted by molar-refractivity contribution is 0.0947. The SMILES string of the molecule is CCCCN(CCCC)S(=O)(=O)c1ccc(C(=O)NCCN2CCN(c3nc4c(OCC)cccc4s3)CC2)cc1. The molecule has 1 aliphatic heterocycles. The average molecular weight is 602 g/mol. The van der Waals surface area contributed by atoms with Crippen LogP contribution < -0.4 is 15.0 Å². The standard InChI is InChI=1S/C30H43N5O4S2/c1-4-7-17-35(18-8-5-2)41(37,38)25-14-12-24(13-15-25)29(36)31-16-19-33-20-22-34(23-21-33)30-32-28-26(39-6-3)10-9-11-27(28)40-30/h9-15H,4-8,16-23H2,1-3H3,(H,31,36). The van der Waals surface area contributed by atoms with Crippen LogP contribution in [0.3, 0.4) is 0 Å². The van der Waals surface area contributed by atoms with Gasteiger partial charge in [0.2, 0.25) is 10.0 Å². The highest BCUT2D eigenvalue weighted by Crippen LogP contribution is 2.34. The van der Waals surface area contributed by atoms with Crippen LogP contribution >= 0.6 is 11.3 Å². The minimum absolute atomic E-state index is 0.194. The molecule has 3 aromatic rings. The van der Waals surface area contributed by atoms with Crippen molar-refractivity contribution < 1.29 is 17.9 Å². The van der Waals surface area contributed by atoms with E-state index in [1.165, 1.54) is 0 Å². The molecule has 2 aromatic carbocycles. The Labute approximate surface area is 248 Å². The Bertz CT molecular complexity index is 1360. The number of amides is 1. The highest BCUT2D eigenvalue weighted by Gasteiger charge is 2.24. The lowest BCUT2D eigenvalue weighted by Crippen LogP contribution is -2.48. The van der Waals surface area contributed by atoms with Crippen molar-refractivity contribution in [2.75, 3.05) is 63.9 Å². The van der Waals surface area contributed by atoms with Crippen molar-refractivity contribution in [3.8, 4) is 5.75 Å². The van der Waals surface area contributed by atoms with Crippen LogP contribution in [0.2, 0.25) is 0 Å². The first kappa shape index (κ1) is 31.2. The number of nitrogens with one attached hydrogen (secondary N) is 1. The molecule has 0 saturated carbocycles. The summed E-state index contributed by atoms with van der Waals surface area (Å²) in [5.74, 6) is 0.639. The molecule has 224 valence electrons. The molecule has 0 atom stereocenters. The minimum atomic E-state index is -3.58. The van der Waals surface area contributed by atoms with E-state index in [9.17, 15) is 13.2 Å². The van der Waals surface area contributed by atoms with Crippen molar-refractivity contribution in [1.29, 1.82) is 0 Å². The van der Waals surface area contributed by atoms with Gasteiger partial charge >= 0.3 is 0 Å². The number of sulfonamides is 1. The van der Waals surface area contributed by atoms with Crippen LogP contribution in [0.5, 0.6) is 5.75 Å². The van der Waals surface area contributed by atoms with E-state index in [0.29, 0.717) is 31.8 Å². The maximum absolute atomic E-state index is 13.2. The Morgan fingerprint density at radius 2 is 1.68 bits per heavy atom. The molecule has 0 spiro atoms. The fraction of sp³-hybridized carbons (Fsp3) is 0.533. The second kappa shape index (κ2) is 14.9. The second-order valence-electron chi connectivity index (χ2n) is 10.3. The number of piperazine rings is 1. The van der Waals surface area contributed by atoms with Gasteiger partial charge in [-0.25, -0.2) is 13.4 Å². The zero-order valence-electron chi connectivity index (χ0n) is 24.5. The maximum Gasteiger partial charge on any atom is 0.251 e. The normalized spacial score (nSPS) is 14.6. The Hall–Kier alpha value is -2.73. The van der Waals surface area contributed by atoms with Crippen molar-refractivity contribution in [2.24, 2.45) is 0 Å². The smallest absolute Gasteiger partial charge is 0.251 e. The molecule has 0 bridgehead atoms. The number of ether oxygens (including phenoxy) is 1. The third-order valence-corrected chi connectivity index (χ3v) is 10.3. The first-order chi connectivity index (χ1) is 19.9. The van der Waals surface area contributed by atoms with Gasteiger partial charge in [-0.1, -0.05) is 44.1 Å². The molecule has 1 saturated heterocycles. The summed E-state index contributed by atoms with van der Waals surface area (Å²) < 4.78 is 34.8. The molecule has 1 amide bonds. The number of benzene rings is 2. The molecule has 0 aliphatic carbocycles. The molecule has 0 unspecified atom stereocenters. The number of unbranched alkanes of at least 4 members (excludes halogenated alkanes) is 2. The van der Waals surface area contributed by atoms with Crippen LogP contribution in [0.4, 0.5) is 5.13 Å². The van der Waals surface area contributed by atoms with Gasteiger partial charge < -0.3 is 15.0 Å². The number of rotatable bonds is 15. The van der Waals surface area contributed by atoms with Crippen molar-refractivity contribution in [1.82, 2.24) is 19.5 Å². The van der Waals surface area contributed by atoms with Crippen molar-refractivity contribution >= 4 is 42.6 Å². The van der Waals surface area contributed by atoms with Crippen LogP contribution in [0.25, 0.3) is 10.2 Å². The number of aromatic nitrogens is 1. The van der Waals surface area contributed by atoms with E-state index in [0.717, 1.165) is 79.5 Å². The first-order valence-corrected chi connectivity index (χ1v) is 17.0. The molecule has 41 heavy (non-hydrogen) atoms. The van der Waals surface area contributed by atoms with Gasteiger partial charge in [0.15, 0.2) is 5.13 Å². The zero-order chi connectivity index (χ0) is 29.2. The number of anilines is 1. The zero-order valence-corrected chi connectivity index (χ0v) is 26.1. The predicted molar refractivity (Wildman–Crippen MR) is 167 cm³/mol. The van der Waals surface area contributed by atoms with Gasteiger partial charge in [0.25, 0.3) is 5.91 Å². The lowest BCUT2D eigenvalue weighted by Gasteiger charge is -2.34. The number of carbonyl (C=O) groups excluding carboxylic acids is 1. The third-order valence-electron chi connectivity index (χ3n) is 7.30. The summed E-state index contributed by atoms with van der Waals surface area (Å²) in [5, 5.41) is 4.00. The molecule has 1 fully saturated rings. The molecule has 11 heteroatoms. The molecular formula is C30H43N5O4S2. The quantitative estimate of drug-likeness (QED) is 0.266. The topological polar surface area (TPSA) is 95.1 Å². The maximum atomic E-state index is 13.2. The molecule has 4 rings (SSSR count). The molecule has 1 N–H and O–H groups in total. The summed E-state index contributed by atoms with van der Waals surface area (Å²) in [4.78, 5) is 22.5. The number of nitrogens with zero attached hydrogens (tertiary/aromatic N) is 4. The number of fused-ring (bicyclic) bond motifs is 1. The van der Waals surface area contributed by atoms with Crippen LogP contribution in [0, 0.1) is 0 Å². The fourth-order valence-electron chi connectivity index (χ4n) is 4.86. The molecule has 1 aliphatic rings. The van der Waals surface area contributed by atoms with Crippen LogP contribution in [0.1, 0.15) is 56.8 Å². The highest BCUT2D eigenvalue weighted by atomic mass is 32.2. The summed E-state index contributed by atoms with van der Waals surface area (Å²) in [6.45, 7) is 12.6. The van der Waals surface area contributed by atoms with E-state index in [1.54, 1.807) is 39.9 Å². The number of para-hydroxylation sites is 1. The highest BCUT2D eigenvalue weighted by molar-refractivity contribution is 7.89. The molecule has 2 heterocycles. The lowest BCUT2D eigenvalue weighted by atomic mass is 10.2. The van der Waals surface area contributed by atoms with Gasteiger partial charge in [0, 0.05) is 57.9 Å². The number of hydrogen-bond donors (Lipinski definition) is 1. The molecule has 0 radical (unpaired) electrons. The Morgan fingerprint density at radius 1 is 1.00 bits per heavy atom. The number of hydrogen-bond acceptors (Lipinski definition) is 8. The summed E-state index contributed by atoms with van der Waals surface area (Å²) in [7, 11) is -3.58. The van der Waals surface area contributed by atoms with E-state index in [1.807, 2.05) is 19.1 Å². The van der Waals surface area contributed by atoms with Gasteiger partial charge in [0.05, 0.1) is 16.2 Å². The van der Waals surface area contributed by atoms with E-state index in [2.05, 4.69) is 35.0 Å². The van der Waals surface area contributed by atoms with Gasteiger partial charge in [-0.2, -0.15) is 4.31 Å². The van der Waals surface area contributed by atoms with E-state index in [4.69, 9.17) is 9.72 Å². The van der Waals surface area contributed by atoms with Crippen molar-refractivity contribution in [3.63, 3.8) is 0 Å². The Morgan fingerprint density at radius 3 is 2.32 bits per heavy atom. The number of thiazole rings is 1. The van der Waals surface area contributed by atoms with Crippen molar-refractivity contribution in [3.05, 3.63) is 48.0 Å². The minimum Gasteiger partial charge on any atom is -0.492 e. The van der Waals surface area contributed by atoms with E-state index < -0.39 is 10.0 Å². The summed E-state index contributed by atoms with van der Waals surface area (Å²) in [5.41, 5.74) is 1.39. The average Bonchev–Trinajstić information content (AvgIpc) is 3.43. The predicted octanol–water partition coefficient (Wildman–Crippen LogP) is 4.84. The van der Waals surface area contributed by atoms with Gasteiger partial charge in [0.1, 0.15) is 11.3 Å².